The van der Waals surface area contributed by atoms with Crippen LogP contribution in [0.4, 0.5) is 11.5 Å². The van der Waals surface area contributed by atoms with Gasteiger partial charge in [-0.3, -0.25) is 14.7 Å². The lowest BCUT2D eigenvalue weighted by Crippen LogP contribution is -2.42. The van der Waals surface area contributed by atoms with Gasteiger partial charge < -0.3 is 24.9 Å². The Bertz CT molecular complexity index is 1320. The molecular weight excluding hydrogens is 472 g/mol. The Kier molecular flexibility index (Phi) is 7.68. The Morgan fingerprint density at radius 2 is 2.08 bits per heavy atom. The maximum Gasteiger partial charge on any atom is 0.251 e. The van der Waals surface area contributed by atoms with Gasteiger partial charge in [0.2, 0.25) is 0 Å². The van der Waals surface area contributed by atoms with Crippen LogP contribution < -0.4 is 15.4 Å². The largest absolute Gasteiger partial charge is 0.486 e. The van der Waals surface area contributed by atoms with Crippen LogP contribution >= 0.6 is 0 Å². The summed E-state index contributed by atoms with van der Waals surface area (Å²) in [5.41, 5.74) is 3.69. The first kappa shape index (κ1) is 24.4. The average molecular weight is 501 g/mol. The predicted octanol–water partition coefficient (Wildman–Crippen LogP) is 2.94. The highest BCUT2D eigenvalue weighted by Gasteiger charge is 2.20. The van der Waals surface area contributed by atoms with E-state index in [0.29, 0.717) is 30.3 Å². The smallest absolute Gasteiger partial charge is 0.251 e. The number of aromatic nitrogens is 3. The standard InChI is InChI=1S/C27H28N6O4/c34-23(13-31-27(35)20-5-8-30-26(11-20)32-22-2-1-7-28-12-22)16-33-9-6-19-10-24(4-3-21(19)15-33)36-17-25-14-29-18-37-25/h1-5,7-8,10-12,14,18,23,34H,6,9,13,15-17H2,(H,30,32)(H,31,35)/t23-/m0/s1. The van der Waals surface area contributed by atoms with Gasteiger partial charge in [-0.15, -0.1) is 0 Å². The third-order valence-corrected chi connectivity index (χ3v) is 6.06. The van der Waals surface area contributed by atoms with E-state index in [4.69, 9.17) is 9.15 Å². The van der Waals surface area contributed by atoms with Crippen molar-refractivity contribution in [3.8, 4) is 5.75 Å². The van der Waals surface area contributed by atoms with Crippen LogP contribution in [0.5, 0.6) is 5.75 Å². The van der Waals surface area contributed by atoms with Gasteiger partial charge in [0.05, 0.1) is 24.2 Å². The van der Waals surface area contributed by atoms with Crippen LogP contribution in [0.2, 0.25) is 0 Å². The number of anilines is 2. The fourth-order valence-electron chi connectivity index (χ4n) is 4.20. The number of fused-ring (bicyclic) bond motifs is 1. The third kappa shape index (κ3) is 6.69. The Balaban J connectivity index is 1.08. The van der Waals surface area contributed by atoms with Gasteiger partial charge in [-0.05, 0) is 53.9 Å². The highest BCUT2D eigenvalue weighted by Crippen LogP contribution is 2.24. The quantitative estimate of drug-likeness (QED) is 0.301. The van der Waals surface area contributed by atoms with Crippen LogP contribution in [-0.4, -0.2) is 56.6 Å². The van der Waals surface area contributed by atoms with E-state index in [1.807, 2.05) is 18.2 Å². The molecule has 0 fully saturated rings. The van der Waals surface area contributed by atoms with Crippen LogP contribution in [0.25, 0.3) is 0 Å². The Labute approximate surface area is 214 Å². The second-order valence-corrected chi connectivity index (χ2v) is 8.83. The van der Waals surface area contributed by atoms with Crippen LogP contribution in [0.3, 0.4) is 0 Å². The highest BCUT2D eigenvalue weighted by molar-refractivity contribution is 5.94. The van der Waals surface area contributed by atoms with Gasteiger partial charge in [0, 0.05) is 44.1 Å². The van der Waals surface area contributed by atoms with Crippen LogP contribution in [0.1, 0.15) is 27.2 Å². The number of rotatable bonds is 10. The molecule has 1 aliphatic heterocycles. The molecule has 4 heterocycles. The molecule has 3 N–H and O–H groups in total. The summed E-state index contributed by atoms with van der Waals surface area (Å²) in [6.45, 7) is 2.51. The summed E-state index contributed by atoms with van der Waals surface area (Å²) in [6, 6.07) is 13.1. The number of aliphatic hydroxyl groups is 1. The molecule has 0 aliphatic carbocycles. The SMILES string of the molecule is O=C(NC[C@H](O)CN1CCc2cc(OCc3cnco3)ccc2C1)c1ccnc(Nc2cccnc2)c1. The zero-order valence-corrected chi connectivity index (χ0v) is 20.2. The summed E-state index contributed by atoms with van der Waals surface area (Å²) in [5, 5.41) is 16.5. The first-order valence-electron chi connectivity index (χ1n) is 12.1. The van der Waals surface area contributed by atoms with Crippen molar-refractivity contribution >= 4 is 17.4 Å². The number of aliphatic hydroxyl groups excluding tert-OH is 1. The number of amides is 1. The van der Waals surface area contributed by atoms with Gasteiger partial charge in [0.25, 0.3) is 5.91 Å². The van der Waals surface area contributed by atoms with Gasteiger partial charge >= 0.3 is 0 Å². The van der Waals surface area contributed by atoms with E-state index in [9.17, 15) is 9.90 Å². The zero-order valence-electron chi connectivity index (χ0n) is 20.2. The predicted molar refractivity (Wildman–Crippen MR) is 136 cm³/mol. The maximum absolute atomic E-state index is 12.6. The van der Waals surface area contributed by atoms with Crippen LogP contribution in [-0.2, 0) is 19.6 Å². The van der Waals surface area contributed by atoms with E-state index in [1.54, 1.807) is 36.9 Å². The second-order valence-electron chi connectivity index (χ2n) is 8.83. The molecule has 4 aromatic rings. The number of hydrogen-bond donors (Lipinski definition) is 3. The topological polar surface area (TPSA) is 126 Å². The van der Waals surface area contributed by atoms with Crippen molar-refractivity contribution in [3.63, 3.8) is 0 Å². The maximum atomic E-state index is 12.6. The molecule has 0 radical (unpaired) electrons. The summed E-state index contributed by atoms with van der Waals surface area (Å²) in [7, 11) is 0. The minimum atomic E-state index is -0.690. The van der Waals surface area contributed by atoms with Gasteiger partial charge in [-0.25, -0.2) is 9.97 Å². The molecule has 0 unspecified atom stereocenters. The first-order chi connectivity index (χ1) is 18.1. The van der Waals surface area contributed by atoms with Gasteiger partial charge in [0.1, 0.15) is 18.2 Å². The number of pyridine rings is 2. The lowest BCUT2D eigenvalue weighted by Gasteiger charge is -2.30. The molecule has 0 saturated heterocycles. The van der Waals surface area contributed by atoms with Crippen molar-refractivity contribution in [2.75, 3.05) is 25.0 Å². The van der Waals surface area contributed by atoms with E-state index in [1.165, 1.54) is 17.5 Å². The van der Waals surface area contributed by atoms with Gasteiger partial charge in [-0.2, -0.15) is 0 Å². The monoisotopic (exact) mass is 500 g/mol. The fourth-order valence-corrected chi connectivity index (χ4v) is 4.20. The Morgan fingerprint density at radius 1 is 1.14 bits per heavy atom. The molecule has 1 aromatic carbocycles. The first-order valence-corrected chi connectivity index (χ1v) is 12.1. The third-order valence-electron chi connectivity index (χ3n) is 6.06. The van der Waals surface area contributed by atoms with E-state index < -0.39 is 6.10 Å². The van der Waals surface area contributed by atoms with Crippen molar-refractivity contribution in [1.29, 1.82) is 0 Å². The van der Waals surface area contributed by atoms with E-state index in [2.05, 4.69) is 42.6 Å². The lowest BCUT2D eigenvalue weighted by atomic mass is 9.99. The minimum Gasteiger partial charge on any atom is -0.486 e. The molecule has 0 spiro atoms. The van der Waals surface area contributed by atoms with Crippen molar-refractivity contribution < 1.29 is 19.1 Å². The van der Waals surface area contributed by atoms with Gasteiger partial charge in [-0.1, -0.05) is 6.07 Å². The molecule has 5 rings (SSSR count). The molecule has 190 valence electrons. The molecule has 3 aromatic heterocycles. The molecule has 37 heavy (non-hydrogen) atoms. The number of ether oxygens (including phenoxy) is 1. The highest BCUT2D eigenvalue weighted by atomic mass is 16.5. The molecule has 1 aliphatic rings. The molecule has 10 nitrogen and oxygen atoms in total. The van der Waals surface area contributed by atoms with Crippen molar-refractivity contribution in [2.24, 2.45) is 0 Å². The fraction of sp³-hybridized carbons (Fsp3) is 0.259. The van der Waals surface area contributed by atoms with E-state index >= 15 is 0 Å². The van der Waals surface area contributed by atoms with Crippen molar-refractivity contribution in [2.45, 2.75) is 25.7 Å². The zero-order chi connectivity index (χ0) is 25.5. The molecule has 0 bridgehead atoms. The summed E-state index contributed by atoms with van der Waals surface area (Å²) in [6.07, 6.45) is 8.13. The number of hydrogen-bond acceptors (Lipinski definition) is 9. The number of carbonyl (C=O) groups is 1. The molecule has 1 amide bonds. The minimum absolute atomic E-state index is 0.157. The van der Waals surface area contributed by atoms with Crippen LogP contribution in [0, 0.1) is 0 Å². The number of β-amino-alcohol motifs (C(OH)–C–C–N with tert-alkyl or cyclic N) is 1. The average Bonchev–Trinajstić information content (AvgIpc) is 3.45. The molecule has 1 atom stereocenters. The Hall–Kier alpha value is -4.28. The molecule has 10 heteroatoms. The van der Waals surface area contributed by atoms with Gasteiger partial charge in [0.15, 0.2) is 12.2 Å². The Morgan fingerprint density at radius 3 is 2.92 bits per heavy atom. The number of nitrogens with zero attached hydrogens (tertiary/aromatic N) is 4. The van der Waals surface area contributed by atoms with Crippen LogP contribution in [0.15, 0.2) is 78.1 Å². The summed E-state index contributed by atoms with van der Waals surface area (Å²) < 4.78 is 11.0. The summed E-state index contributed by atoms with van der Waals surface area (Å²) >= 11 is 0. The molecular formula is C27H28N6O4. The van der Waals surface area contributed by atoms with Crippen molar-refractivity contribution in [1.82, 2.24) is 25.2 Å². The number of nitrogens with one attached hydrogen (secondary N) is 2. The molecule has 0 saturated carbocycles. The van der Waals surface area contributed by atoms with Crippen molar-refractivity contribution in [3.05, 3.63) is 96.1 Å². The van der Waals surface area contributed by atoms with E-state index in [-0.39, 0.29) is 12.5 Å². The number of oxazole rings is 1. The second kappa shape index (κ2) is 11.6. The number of carbonyl (C=O) groups excluding carboxylic acids is 1. The van der Waals surface area contributed by atoms with E-state index in [0.717, 1.165) is 30.9 Å². The lowest BCUT2D eigenvalue weighted by molar-refractivity contribution is 0.0841. The summed E-state index contributed by atoms with van der Waals surface area (Å²) in [5.74, 6) is 1.74. The number of benzene rings is 1. The normalized spacial score (nSPS) is 14.0. The summed E-state index contributed by atoms with van der Waals surface area (Å²) in [4.78, 5) is 27.0.